The number of thiophene rings is 3. The van der Waals surface area contributed by atoms with Gasteiger partial charge in [-0.1, -0.05) is 116 Å². The van der Waals surface area contributed by atoms with Crippen LogP contribution in [0.4, 0.5) is 0 Å². The summed E-state index contributed by atoms with van der Waals surface area (Å²) in [7, 11) is 0. The van der Waals surface area contributed by atoms with Crippen molar-refractivity contribution >= 4 is 45.8 Å². The van der Waals surface area contributed by atoms with Gasteiger partial charge >= 0.3 is 0 Å². The minimum Gasteiger partial charge on any atom is -0.152 e. The van der Waals surface area contributed by atoms with E-state index in [2.05, 4.69) is 156 Å². The summed E-state index contributed by atoms with van der Waals surface area (Å²) in [5.41, 5.74) is 7.84. The van der Waals surface area contributed by atoms with Gasteiger partial charge in [-0.3, -0.25) is 0 Å². The average molecular weight is 675 g/mol. The molecule has 0 amide bonds. The summed E-state index contributed by atoms with van der Waals surface area (Å²) in [6, 6.07) is 4.51. The molecule has 0 bridgehead atoms. The number of hydrogen-bond donors (Lipinski definition) is 0. The zero-order valence-corrected chi connectivity index (χ0v) is 34.4. The molecule has 0 saturated heterocycles. The molecule has 0 N–H and O–H groups in total. The smallest absolute Gasteiger partial charge is 0.0105 e. The molecule has 0 fully saturated rings. The Kier molecular flexibility index (Phi) is 19.1. The Morgan fingerprint density at radius 2 is 0.841 bits per heavy atom. The summed E-state index contributed by atoms with van der Waals surface area (Å²) in [4.78, 5) is 4.78. The lowest BCUT2D eigenvalue weighted by Crippen LogP contribution is -1.97. The second kappa shape index (κ2) is 20.4. The highest BCUT2D eigenvalue weighted by atomic mass is 32.2. The molecule has 0 nitrogen and oxygen atoms in total. The molecule has 4 heterocycles. The van der Waals surface area contributed by atoms with E-state index in [4.69, 9.17) is 0 Å². The third-order valence-electron chi connectivity index (χ3n) is 7.88. The molecular formula is C40H66S4. The van der Waals surface area contributed by atoms with Crippen molar-refractivity contribution in [1.29, 1.82) is 0 Å². The first-order chi connectivity index (χ1) is 20.5. The largest absolute Gasteiger partial charge is 0.152 e. The molecule has 0 unspecified atom stereocenters. The zero-order chi connectivity index (χ0) is 33.7. The second-order valence-electron chi connectivity index (χ2n) is 14.5. The molecule has 4 heteroatoms. The minimum atomic E-state index is 0.679. The molecule has 44 heavy (non-hydrogen) atoms. The third-order valence-corrected chi connectivity index (χ3v) is 12.6. The van der Waals surface area contributed by atoms with Gasteiger partial charge in [0.25, 0.3) is 0 Å². The normalized spacial score (nSPS) is 13.4. The first kappa shape index (κ1) is 41.2. The summed E-state index contributed by atoms with van der Waals surface area (Å²) in [6.45, 7) is 36.3. The molecule has 0 aliphatic carbocycles. The Morgan fingerprint density at radius 3 is 1.09 bits per heavy atom. The van der Waals surface area contributed by atoms with Gasteiger partial charge < -0.3 is 0 Å². The average Bonchev–Trinajstić information content (AvgIpc) is 3.75. The van der Waals surface area contributed by atoms with Gasteiger partial charge in [0.05, 0.1) is 0 Å². The molecule has 1 aliphatic rings. The van der Waals surface area contributed by atoms with Gasteiger partial charge in [-0.15, -0.1) is 34.4 Å². The zero-order valence-electron chi connectivity index (χ0n) is 31.1. The molecule has 0 aromatic carbocycles. The molecule has 250 valence electrons. The first-order valence-electron chi connectivity index (χ1n) is 17.1. The Balaban J connectivity index is 0.000000293. The van der Waals surface area contributed by atoms with Crippen molar-refractivity contribution in [2.45, 2.75) is 153 Å². The van der Waals surface area contributed by atoms with Crippen molar-refractivity contribution in [3.05, 3.63) is 76.1 Å². The van der Waals surface area contributed by atoms with Gasteiger partial charge in [0.1, 0.15) is 0 Å². The van der Waals surface area contributed by atoms with Crippen LogP contribution in [-0.4, -0.2) is 5.75 Å². The molecule has 0 saturated carbocycles. The van der Waals surface area contributed by atoms with E-state index in [1.54, 1.807) is 20.2 Å². The predicted molar refractivity (Wildman–Crippen MR) is 211 cm³/mol. The second-order valence-corrected chi connectivity index (χ2v) is 18.3. The maximum absolute atomic E-state index is 2.31. The fourth-order valence-electron chi connectivity index (χ4n) is 5.41. The molecule has 0 spiro atoms. The van der Waals surface area contributed by atoms with E-state index in [1.807, 2.05) is 34.0 Å². The monoisotopic (exact) mass is 674 g/mol. The van der Waals surface area contributed by atoms with Crippen molar-refractivity contribution in [1.82, 2.24) is 0 Å². The van der Waals surface area contributed by atoms with Crippen LogP contribution in [0.15, 0.2) is 44.1 Å². The van der Waals surface area contributed by atoms with Crippen molar-refractivity contribution in [3.8, 4) is 0 Å². The van der Waals surface area contributed by atoms with Crippen molar-refractivity contribution in [2.75, 3.05) is 5.75 Å². The summed E-state index contributed by atoms with van der Waals surface area (Å²) in [5.74, 6) is 6.93. The van der Waals surface area contributed by atoms with Gasteiger partial charge in [0, 0.05) is 15.5 Å². The first-order valence-corrected chi connectivity index (χ1v) is 20.8. The highest BCUT2D eigenvalue weighted by molar-refractivity contribution is 8.03. The molecule has 4 rings (SSSR count). The topological polar surface area (TPSA) is 0 Å². The number of allylic oxidation sites excluding steroid dienone is 2. The van der Waals surface area contributed by atoms with E-state index in [-0.39, 0.29) is 0 Å². The van der Waals surface area contributed by atoms with Crippen LogP contribution in [0.25, 0.3) is 0 Å². The van der Waals surface area contributed by atoms with E-state index in [0.717, 1.165) is 11.8 Å². The molecule has 3 aromatic rings. The van der Waals surface area contributed by atoms with Gasteiger partial charge in [0.2, 0.25) is 0 Å². The van der Waals surface area contributed by atoms with Crippen LogP contribution in [0.5, 0.6) is 0 Å². The Labute approximate surface area is 290 Å². The van der Waals surface area contributed by atoms with Crippen LogP contribution in [0.2, 0.25) is 0 Å². The lowest BCUT2D eigenvalue weighted by atomic mass is 9.95. The lowest BCUT2D eigenvalue weighted by Gasteiger charge is -2.12. The van der Waals surface area contributed by atoms with Gasteiger partial charge in [-0.2, -0.15) is 11.3 Å². The van der Waals surface area contributed by atoms with Gasteiger partial charge in [0.15, 0.2) is 0 Å². The molecule has 1 aliphatic heterocycles. The van der Waals surface area contributed by atoms with Gasteiger partial charge in [-0.05, 0) is 115 Å². The summed E-state index contributed by atoms with van der Waals surface area (Å²) >= 11 is 7.66. The van der Waals surface area contributed by atoms with Crippen LogP contribution in [0.3, 0.4) is 0 Å². The van der Waals surface area contributed by atoms with Gasteiger partial charge in [-0.25, -0.2) is 0 Å². The van der Waals surface area contributed by atoms with Crippen LogP contribution in [-0.2, 0) is 0 Å². The third kappa shape index (κ3) is 13.1. The summed E-state index contributed by atoms with van der Waals surface area (Å²) in [6.07, 6.45) is 1.33. The minimum absolute atomic E-state index is 0.679. The Morgan fingerprint density at radius 1 is 0.455 bits per heavy atom. The molecule has 0 atom stereocenters. The predicted octanol–water partition coefficient (Wildman–Crippen LogP) is 15.7. The summed E-state index contributed by atoms with van der Waals surface area (Å²) in [5, 5.41) is 8.95. The van der Waals surface area contributed by atoms with E-state index in [0.29, 0.717) is 35.5 Å². The number of thioether (sulfide) groups is 1. The molecule has 0 radical (unpaired) electrons. The van der Waals surface area contributed by atoms with Crippen LogP contribution >= 0.6 is 45.8 Å². The number of rotatable bonds is 8. The van der Waals surface area contributed by atoms with E-state index in [1.165, 1.54) is 34.4 Å². The highest BCUT2D eigenvalue weighted by Crippen LogP contribution is 2.39. The SMILES string of the molecule is CC(C)C1=C(C(C)C)SCC1.CC(C)c1ccsc1C(C)C.CC(C)c1ccsc1C(C)C.CC(C)c1cscc1C(C)C. The fourth-order valence-corrected chi connectivity index (χ4v) is 10.1. The Hall–Kier alpha value is -0.810. The standard InChI is InChI=1S/C10H16S.C10H18S.2C10H16S/c1-7(2)9-5-11-6-10(9)8(3)4;3*1-7(2)9-5-6-11-10(9)8(3)4/h5-8H,1-4H3;7-8H,5-6H2,1-4H3;2*5-8H,1-4H3. The molecular weight excluding hydrogens is 609 g/mol. The van der Waals surface area contributed by atoms with Crippen molar-refractivity contribution in [2.24, 2.45) is 11.8 Å². The molecule has 3 aromatic heterocycles. The number of hydrogen-bond acceptors (Lipinski definition) is 4. The van der Waals surface area contributed by atoms with E-state index < -0.39 is 0 Å². The fraction of sp³-hybridized carbons (Fsp3) is 0.650. The maximum Gasteiger partial charge on any atom is 0.0105 e. The summed E-state index contributed by atoms with van der Waals surface area (Å²) < 4.78 is 0. The highest BCUT2D eigenvalue weighted by Gasteiger charge is 2.19. The lowest BCUT2D eigenvalue weighted by molar-refractivity contribution is 0.705. The van der Waals surface area contributed by atoms with Crippen LogP contribution in [0, 0.1) is 11.8 Å². The van der Waals surface area contributed by atoms with E-state index in [9.17, 15) is 0 Å². The van der Waals surface area contributed by atoms with Crippen molar-refractivity contribution in [3.63, 3.8) is 0 Å². The van der Waals surface area contributed by atoms with E-state index >= 15 is 0 Å². The quantitative estimate of drug-likeness (QED) is 0.229. The Bertz CT molecular complexity index is 1000. The van der Waals surface area contributed by atoms with Crippen molar-refractivity contribution < 1.29 is 0 Å². The van der Waals surface area contributed by atoms with Crippen LogP contribution in [0.1, 0.15) is 185 Å². The maximum atomic E-state index is 2.31. The van der Waals surface area contributed by atoms with Crippen LogP contribution < -0.4 is 0 Å².